The van der Waals surface area contributed by atoms with Crippen molar-refractivity contribution in [3.63, 3.8) is 0 Å². The van der Waals surface area contributed by atoms with Crippen LogP contribution >= 0.6 is 0 Å². The van der Waals surface area contributed by atoms with Gasteiger partial charge in [0.25, 0.3) is 5.91 Å². The number of nitrogens with zero attached hydrogens (tertiary/aromatic N) is 2. The average Bonchev–Trinajstić information content (AvgIpc) is 2.88. The molecule has 22 heavy (non-hydrogen) atoms. The molecule has 118 valence electrons. The molecule has 2 aromatic rings. The number of aromatic nitrogens is 1. The molecule has 0 unspecified atom stereocenters. The third kappa shape index (κ3) is 2.74. The van der Waals surface area contributed by atoms with E-state index >= 15 is 0 Å². The molecule has 2 heterocycles. The van der Waals surface area contributed by atoms with Crippen LogP contribution in [0.15, 0.2) is 24.4 Å². The number of benzene rings is 1. The number of hydrogen-bond acceptors (Lipinski definition) is 3. The normalized spacial score (nSPS) is 17.1. The monoisotopic (exact) mass is 321 g/mol. The molecule has 3 rings (SSSR count). The van der Waals surface area contributed by atoms with E-state index in [1.54, 1.807) is 11.1 Å². The maximum Gasteiger partial charge on any atom is 0.256 e. The van der Waals surface area contributed by atoms with Gasteiger partial charge in [0.15, 0.2) is 0 Å². The van der Waals surface area contributed by atoms with Gasteiger partial charge in [0, 0.05) is 43.3 Å². The predicted molar refractivity (Wildman–Crippen MR) is 85.4 cm³/mol. The van der Waals surface area contributed by atoms with Crippen LogP contribution in [0.2, 0.25) is 0 Å². The molecule has 1 saturated heterocycles. The van der Waals surface area contributed by atoms with Crippen molar-refractivity contribution >= 4 is 26.8 Å². The van der Waals surface area contributed by atoms with E-state index in [9.17, 15) is 13.2 Å². The maximum atomic E-state index is 12.7. The van der Waals surface area contributed by atoms with Crippen molar-refractivity contribution in [1.29, 1.82) is 0 Å². The van der Waals surface area contributed by atoms with Crippen molar-refractivity contribution in [2.45, 2.75) is 6.92 Å². The number of fused-ring (bicyclic) bond motifs is 1. The van der Waals surface area contributed by atoms with Crippen LogP contribution in [-0.2, 0) is 10.0 Å². The Morgan fingerprint density at radius 1 is 1.18 bits per heavy atom. The number of carbonyl (C=O) groups excluding carboxylic acids is 1. The molecule has 0 aliphatic carbocycles. The fourth-order valence-corrected chi connectivity index (χ4v) is 3.64. The molecular weight excluding hydrogens is 302 g/mol. The van der Waals surface area contributed by atoms with Crippen LogP contribution in [-0.4, -0.2) is 60.9 Å². The number of amides is 1. The van der Waals surface area contributed by atoms with E-state index in [2.05, 4.69) is 4.98 Å². The largest absolute Gasteiger partial charge is 0.360 e. The highest BCUT2D eigenvalue weighted by Gasteiger charge is 2.27. The molecular formula is C15H19N3O3S. The smallest absolute Gasteiger partial charge is 0.256 e. The molecule has 0 atom stereocenters. The number of aromatic amines is 1. The molecule has 6 nitrogen and oxygen atoms in total. The van der Waals surface area contributed by atoms with Gasteiger partial charge in [-0.1, -0.05) is 12.1 Å². The van der Waals surface area contributed by atoms with Crippen LogP contribution in [0, 0.1) is 6.92 Å². The lowest BCUT2D eigenvalue weighted by atomic mass is 10.1. The first-order chi connectivity index (χ1) is 10.4. The Kier molecular flexibility index (Phi) is 3.70. The summed E-state index contributed by atoms with van der Waals surface area (Å²) in [6.07, 6.45) is 2.93. The molecule has 1 aliphatic heterocycles. The SMILES string of the molecule is Cc1ccc2c(C(=O)N3CCN(S(C)(=O)=O)CC3)c[nH]c2c1. The van der Waals surface area contributed by atoms with Gasteiger partial charge in [0.05, 0.1) is 11.8 Å². The van der Waals surface area contributed by atoms with Crippen molar-refractivity contribution < 1.29 is 13.2 Å². The maximum absolute atomic E-state index is 12.7. The van der Waals surface area contributed by atoms with Gasteiger partial charge >= 0.3 is 0 Å². The van der Waals surface area contributed by atoms with Crippen molar-refractivity contribution in [3.05, 3.63) is 35.5 Å². The average molecular weight is 321 g/mol. The van der Waals surface area contributed by atoms with E-state index in [4.69, 9.17) is 0 Å². The number of sulfonamides is 1. The summed E-state index contributed by atoms with van der Waals surface area (Å²) in [7, 11) is -3.18. The summed E-state index contributed by atoms with van der Waals surface area (Å²) in [5, 5.41) is 0.904. The minimum absolute atomic E-state index is 0.0525. The van der Waals surface area contributed by atoms with Crippen LogP contribution in [0.1, 0.15) is 15.9 Å². The van der Waals surface area contributed by atoms with Crippen molar-refractivity contribution in [2.75, 3.05) is 32.4 Å². The Morgan fingerprint density at radius 2 is 1.86 bits per heavy atom. The Hall–Kier alpha value is -1.86. The number of nitrogens with one attached hydrogen (secondary N) is 1. The molecule has 0 saturated carbocycles. The Morgan fingerprint density at radius 3 is 2.50 bits per heavy atom. The van der Waals surface area contributed by atoms with E-state index in [-0.39, 0.29) is 5.91 Å². The van der Waals surface area contributed by atoms with Crippen LogP contribution < -0.4 is 0 Å². The zero-order valence-electron chi connectivity index (χ0n) is 12.7. The van der Waals surface area contributed by atoms with Gasteiger partial charge in [-0.3, -0.25) is 4.79 Å². The molecule has 7 heteroatoms. The lowest BCUT2D eigenvalue weighted by Gasteiger charge is -2.33. The molecule has 0 bridgehead atoms. The van der Waals surface area contributed by atoms with E-state index < -0.39 is 10.0 Å². The number of hydrogen-bond donors (Lipinski definition) is 1. The number of aryl methyl sites for hydroxylation is 1. The quantitative estimate of drug-likeness (QED) is 0.903. The van der Waals surface area contributed by atoms with Crippen LogP contribution in [0.3, 0.4) is 0 Å². The fraction of sp³-hybridized carbons (Fsp3) is 0.400. The van der Waals surface area contributed by atoms with Gasteiger partial charge in [-0.2, -0.15) is 4.31 Å². The topological polar surface area (TPSA) is 73.5 Å². The zero-order chi connectivity index (χ0) is 15.9. The van der Waals surface area contributed by atoms with Crippen LogP contribution in [0.25, 0.3) is 10.9 Å². The van der Waals surface area contributed by atoms with Gasteiger partial charge < -0.3 is 9.88 Å². The minimum atomic E-state index is -3.18. The minimum Gasteiger partial charge on any atom is -0.360 e. The fourth-order valence-electron chi connectivity index (χ4n) is 2.81. The summed E-state index contributed by atoms with van der Waals surface area (Å²) < 4.78 is 24.4. The van der Waals surface area contributed by atoms with Crippen LogP contribution in [0.4, 0.5) is 0 Å². The highest BCUT2D eigenvalue weighted by atomic mass is 32.2. The Labute approximate surface area is 129 Å². The third-order valence-electron chi connectivity index (χ3n) is 4.06. The molecule has 0 spiro atoms. The number of piperazine rings is 1. The highest BCUT2D eigenvalue weighted by Crippen LogP contribution is 2.21. The van der Waals surface area contributed by atoms with Gasteiger partial charge in [-0.05, 0) is 18.6 Å². The summed E-state index contributed by atoms with van der Waals surface area (Å²) in [4.78, 5) is 17.5. The Balaban J connectivity index is 1.80. The molecule has 1 amide bonds. The second-order valence-corrected chi connectivity index (χ2v) is 7.69. The highest BCUT2D eigenvalue weighted by molar-refractivity contribution is 7.88. The predicted octanol–water partition coefficient (Wildman–Crippen LogP) is 1.19. The molecule has 1 aromatic heterocycles. The van der Waals surface area contributed by atoms with Crippen molar-refractivity contribution in [2.24, 2.45) is 0 Å². The molecule has 0 radical (unpaired) electrons. The summed E-state index contributed by atoms with van der Waals surface area (Å²) in [6, 6.07) is 5.93. The lowest BCUT2D eigenvalue weighted by Crippen LogP contribution is -2.50. The second-order valence-electron chi connectivity index (χ2n) is 5.71. The summed E-state index contributed by atoms with van der Waals surface area (Å²) >= 11 is 0. The molecule has 1 fully saturated rings. The Bertz CT molecular complexity index is 818. The van der Waals surface area contributed by atoms with Gasteiger partial charge in [0.2, 0.25) is 10.0 Å². The molecule has 1 N–H and O–H groups in total. The van der Waals surface area contributed by atoms with Crippen LogP contribution in [0.5, 0.6) is 0 Å². The van der Waals surface area contributed by atoms with E-state index in [1.165, 1.54) is 10.6 Å². The van der Waals surface area contributed by atoms with E-state index in [0.717, 1.165) is 16.5 Å². The first kappa shape index (κ1) is 15.1. The summed E-state index contributed by atoms with van der Waals surface area (Å²) in [5.74, 6) is -0.0525. The second kappa shape index (κ2) is 5.40. The van der Waals surface area contributed by atoms with Gasteiger partial charge in [0.1, 0.15) is 0 Å². The van der Waals surface area contributed by atoms with E-state index in [0.29, 0.717) is 31.7 Å². The first-order valence-electron chi connectivity index (χ1n) is 7.18. The van der Waals surface area contributed by atoms with Gasteiger partial charge in [-0.25, -0.2) is 8.42 Å². The lowest BCUT2D eigenvalue weighted by molar-refractivity contribution is 0.0700. The van der Waals surface area contributed by atoms with Crippen molar-refractivity contribution in [1.82, 2.24) is 14.2 Å². The standard InChI is InChI=1S/C15H19N3O3S/c1-11-3-4-12-13(10-16-14(12)9-11)15(19)17-5-7-18(8-6-17)22(2,20)21/h3-4,9-10,16H,5-8H2,1-2H3. The molecule has 1 aliphatic rings. The third-order valence-corrected chi connectivity index (χ3v) is 5.37. The number of H-pyrrole nitrogens is 1. The molecule has 1 aromatic carbocycles. The zero-order valence-corrected chi connectivity index (χ0v) is 13.5. The number of rotatable bonds is 2. The van der Waals surface area contributed by atoms with E-state index in [1.807, 2.05) is 25.1 Å². The van der Waals surface area contributed by atoms with Crippen molar-refractivity contribution in [3.8, 4) is 0 Å². The van der Waals surface area contributed by atoms with Gasteiger partial charge in [-0.15, -0.1) is 0 Å². The summed E-state index contributed by atoms with van der Waals surface area (Å²) in [6.45, 7) is 3.55. The first-order valence-corrected chi connectivity index (χ1v) is 9.03. The summed E-state index contributed by atoms with van der Waals surface area (Å²) in [5.41, 5.74) is 2.72. The number of carbonyl (C=O) groups is 1.